The van der Waals surface area contributed by atoms with Crippen molar-refractivity contribution in [3.63, 3.8) is 0 Å². The van der Waals surface area contributed by atoms with Crippen LogP contribution < -0.4 is 5.32 Å². The van der Waals surface area contributed by atoms with Gasteiger partial charge in [-0.1, -0.05) is 12.1 Å². The van der Waals surface area contributed by atoms with Crippen molar-refractivity contribution < 1.29 is 17.9 Å². The lowest BCUT2D eigenvalue weighted by molar-refractivity contribution is 0.462. The molecule has 6 heteroatoms. The monoisotopic (exact) mass is 309 g/mol. The number of phenols is 1. The van der Waals surface area contributed by atoms with E-state index in [9.17, 15) is 17.9 Å². The molecule has 0 amide bonds. The van der Waals surface area contributed by atoms with Gasteiger partial charge >= 0.3 is 0 Å². The third-order valence-corrected chi connectivity index (χ3v) is 4.27. The Morgan fingerprint density at radius 1 is 1.19 bits per heavy atom. The summed E-state index contributed by atoms with van der Waals surface area (Å²) in [5.41, 5.74) is 0.773. The lowest BCUT2D eigenvalue weighted by atomic mass is 10.1. The maximum Gasteiger partial charge on any atom is 0.177 e. The van der Waals surface area contributed by atoms with Gasteiger partial charge in [0, 0.05) is 11.8 Å². The summed E-state index contributed by atoms with van der Waals surface area (Å²) in [5.74, 6) is -0.513. The Labute approximate surface area is 123 Å². The molecule has 112 valence electrons. The lowest BCUT2D eigenvalue weighted by Gasteiger charge is -2.18. The predicted octanol–water partition coefficient (Wildman–Crippen LogP) is 3.11. The number of hydrogen-bond acceptors (Lipinski definition) is 4. The van der Waals surface area contributed by atoms with Crippen molar-refractivity contribution >= 4 is 15.5 Å². The third kappa shape index (κ3) is 3.52. The first-order valence-electron chi connectivity index (χ1n) is 6.33. The highest BCUT2D eigenvalue weighted by Gasteiger charge is 2.16. The van der Waals surface area contributed by atoms with Crippen LogP contribution in [0.3, 0.4) is 0 Å². The number of anilines is 1. The van der Waals surface area contributed by atoms with Crippen LogP contribution >= 0.6 is 0 Å². The fourth-order valence-electron chi connectivity index (χ4n) is 2.09. The zero-order valence-corrected chi connectivity index (χ0v) is 12.5. The van der Waals surface area contributed by atoms with E-state index in [1.165, 1.54) is 18.2 Å². The third-order valence-electron chi connectivity index (χ3n) is 3.11. The normalized spacial score (nSPS) is 12.9. The molecule has 2 rings (SSSR count). The Balaban J connectivity index is 2.37. The van der Waals surface area contributed by atoms with Crippen molar-refractivity contribution in [3.05, 3.63) is 53.8 Å². The van der Waals surface area contributed by atoms with E-state index >= 15 is 0 Å². The fourth-order valence-corrected chi connectivity index (χ4v) is 2.94. The molecular weight excluding hydrogens is 293 g/mol. The molecular formula is C15H16FNO3S. The molecule has 0 heterocycles. The summed E-state index contributed by atoms with van der Waals surface area (Å²) in [6.45, 7) is 1.72. The maximum atomic E-state index is 13.3. The molecule has 1 atom stereocenters. The first-order valence-corrected chi connectivity index (χ1v) is 8.22. The number of halogens is 1. The summed E-state index contributed by atoms with van der Waals surface area (Å²) >= 11 is 0. The minimum atomic E-state index is -3.38. The van der Waals surface area contributed by atoms with Crippen LogP contribution in [0.5, 0.6) is 5.75 Å². The molecule has 0 saturated carbocycles. The van der Waals surface area contributed by atoms with Crippen LogP contribution in [-0.4, -0.2) is 19.8 Å². The van der Waals surface area contributed by atoms with Gasteiger partial charge in [0.2, 0.25) is 0 Å². The number of para-hydroxylation sites is 1. The van der Waals surface area contributed by atoms with Crippen LogP contribution in [0.15, 0.2) is 47.4 Å². The minimum absolute atomic E-state index is 0.0479. The van der Waals surface area contributed by atoms with E-state index in [1.807, 2.05) is 0 Å². The van der Waals surface area contributed by atoms with Gasteiger partial charge in [0.25, 0.3) is 0 Å². The number of hydrogen-bond donors (Lipinski definition) is 2. The lowest BCUT2D eigenvalue weighted by Crippen LogP contribution is -2.10. The zero-order valence-electron chi connectivity index (χ0n) is 11.7. The molecule has 2 aromatic rings. The van der Waals surface area contributed by atoms with Crippen LogP contribution in [0, 0.1) is 5.82 Å². The predicted molar refractivity (Wildman–Crippen MR) is 79.7 cm³/mol. The van der Waals surface area contributed by atoms with E-state index in [0.29, 0.717) is 11.3 Å². The van der Waals surface area contributed by atoms with Crippen molar-refractivity contribution in [2.75, 3.05) is 11.6 Å². The van der Waals surface area contributed by atoms with Gasteiger partial charge in [0.1, 0.15) is 11.6 Å². The van der Waals surface area contributed by atoms with E-state index in [2.05, 4.69) is 5.32 Å². The molecule has 0 aromatic heterocycles. The second-order valence-electron chi connectivity index (χ2n) is 4.84. The van der Waals surface area contributed by atoms with Crippen molar-refractivity contribution in [1.82, 2.24) is 0 Å². The van der Waals surface area contributed by atoms with Gasteiger partial charge in [-0.25, -0.2) is 12.8 Å². The highest BCUT2D eigenvalue weighted by Crippen LogP contribution is 2.30. The van der Waals surface area contributed by atoms with Gasteiger partial charge in [-0.15, -0.1) is 0 Å². The highest BCUT2D eigenvalue weighted by atomic mass is 32.2. The number of aromatic hydroxyl groups is 1. The highest BCUT2D eigenvalue weighted by molar-refractivity contribution is 7.90. The van der Waals surface area contributed by atoms with E-state index in [4.69, 9.17) is 0 Å². The number of rotatable bonds is 4. The molecule has 0 aliphatic rings. The van der Waals surface area contributed by atoms with Crippen molar-refractivity contribution in [2.45, 2.75) is 17.9 Å². The van der Waals surface area contributed by atoms with Crippen LogP contribution in [0.1, 0.15) is 18.5 Å². The fraction of sp³-hybridized carbons (Fsp3) is 0.200. The van der Waals surface area contributed by atoms with Gasteiger partial charge in [-0.05, 0) is 37.3 Å². The molecule has 21 heavy (non-hydrogen) atoms. The van der Waals surface area contributed by atoms with E-state index in [1.54, 1.807) is 25.1 Å². The van der Waals surface area contributed by atoms with Gasteiger partial charge < -0.3 is 10.4 Å². The first-order chi connectivity index (χ1) is 9.79. The molecule has 0 fully saturated rings. The summed E-state index contributed by atoms with van der Waals surface area (Å²) in [5, 5.41) is 12.8. The Bertz CT molecular complexity index is 759. The molecule has 2 aromatic carbocycles. The minimum Gasteiger partial charge on any atom is -0.508 e. The Kier molecular flexibility index (Phi) is 4.18. The average Bonchev–Trinajstić information content (AvgIpc) is 2.41. The van der Waals surface area contributed by atoms with Crippen molar-refractivity contribution in [1.29, 1.82) is 0 Å². The summed E-state index contributed by atoms with van der Waals surface area (Å²) in [4.78, 5) is 0.160. The topological polar surface area (TPSA) is 66.4 Å². The van der Waals surface area contributed by atoms with E-state index < -0.39 is 21.7 Å². The molecule has 0 saturated heterocycles. The molecule has 0 aliphatic carbocycles. The van der Waals surface area contributed by atoms with E-state index in [-0.39, 0.29) is 10.6 Å². The Morgan fingerprint density at radius 2 is 1.86 bits per heavy atom. The zero-order chi connectivity index (χ0) is 15.6. The number of benzene rings is 2. The standard InChI is InChI=1S/C15H16FNO3S/c1-10(12-9-11(16)7-8-14(12)18)17-13-5-3-4-6-15(13)21(2,19)20/h3-10,17-18H,1-2H3. The molecule has 0 spiro atoms. The molecule has 4 nitrogen and oxygen atoms in total. The van der Waals surface area contributed by atoms with Crippen LogP contribution in [0.25, 0.3) is 0 Å². The smallest absolute Gasteiger partial charge is 0.177 e. The van der Waals surface area contributed by atoms with Crippen molar-refractivity contribution in [3.8, 4) is 5.75 Å². The first kappa shape index (κ1) is 15.3. The van der Waals surface area contributed by atoms with Crippen molar-refractivity contribution in [2.24, 2.45) is 0 Å². The summed E-state index contributed by atoms with van der Waals surface area (Å²) < 4.78 is 36.8. The molecule has 2 N–H and O–H groups in total. The average molecular weight is 309 g/mol. The van der Waals surface area contributed by atoms with E-state index in [0.717, 1.165) is 12.3 Å². The molecule has 0 bridgehead atoms. The quantitative estimate of drug-likeness (QED) is 0.910. The summed E-state index contributed by atoms with van der Waals surface area (Å²) in [6, 6.07) is 9.65. The SMILES string of the molecule is CC(Nc1ccccc1S(C)(=O)=O)c1cc(F)ccc1O. The number of nitrogens with one attached hydrogen (secondary N) is 1. The van der Waals surface area contributed by atoms with Gasteiger partial charge in [-0.3, -0.25) is 0 Å². The largest absolute Gasteiger partial charge is 0.508 e. The van der Waals surface area contributed by atoms with Gasteiger partial charge in [0.15, 0.2) is 9.84 Å². The number of sulfone groups is 1. The molecule has 0 aliphatic heterocycles. The van der Waals surface area contributed by atoms with Gasteiger partial charge in [0.05, 0.1) is 16.6 Å². The Morgan fingerprint density at radius 3 is 2.52 bits per heavy atom. The molecule has 0 radical (unpaired) electrons. The summed E-state index contributed by atoms with van der Waals surface area (Å²) in [6.07, 6.45) is 1.12. The second-order valence-corrected chi connectivity index (χ2v) is 6.82. The van der Waals surface area contributed by atoms with Gasteiger partial charge in [-0.2, -0.15) is 0 Å². The molecule has 1 unspecified atom stereocenters. The second kappa shape index (κ2) is 5.73. The van der Waals surface area contributed by atoms with Crippen LogP contribution in [-0.2, 0) is 9.84 Å². The number of phenolic OH excluding ortho intramolecular Hbond substituents is 1. The Hall–Kier alpha value is -2.08. The maximum absolute atomic E-state index is 13.3. The summed E-state index contributed by atoms with van der Waals surface area (Å²) in [7, 11) is -3.38. The van der Waals surface area contributed by atoms with Crippen LogP contribution in [0.2, 0.25) is 0 Å². The van der Waals surface area contributed by atoms with Crippen LogP contribution in [0.4, 0.5) is 10.1 Å².